The number of nitro groups is 1. The summed E-state index contributed by atoms with van der Waals surface area (Å²) in [6.45, 7) is 1.55. The second-order valence-electron chi connectivity index (χ2n) is 3.79. The molecule has 0 saturated heterocycles. The summed E-state index contributed by atoms with van der Waals surface area (Å²) >= 11 is 4.38. The highest BCUT2D eigenvalue weighted by atomic mass is 79.9. The molecule has 0 radical (unpaired) electrons. The molecule has 2 rings (SSSR count). The average Bonchev–Trinajstić information content (AvgIpc) is 2.76. The molecule has 19 heavy (non-hydrogen) atoms. The number of nitrogens with zero attached hydrogens (tertiary/aromatic N) is 1. The van der Waals surface area contributed by atoms with Crippen LogP contribution in [0.3, 0.4) is 0 Å². The van der Waals surface area contributed by atoms with E-state index >= 15 is 0 Å². The van der Waals surface area contributed by atoms with Crippen molar-refractivity contribution in [2.24, 2.45) is 0 Å². The minimum absolute atomic E-state index is 0.142. The Labute approximate surface area is 121 Å². The van der Waals surface area contributed by atoms with E-state index in [0.717, 1.165) is 11.3 Å². The molecular formula is C12H10BrNO4S. The number of aliphatic hydroxyl groups excluding tert-OH is 1. The summed E-state index contributed by atoms with van der Waals surface area (Å²) < 4.78 is 6.26. The maximum atomic E-state index is 11.0. The number of hydrogen-bond donors (Lipinski definition) is 1. The zero-order valence-electron chi connectivity index (χ0n) is 9.87. The van der Waals surface area contributed by atoms with Crippen LogP contribution in [0.2, 0.25) is 0 Å². The number of aliphatic hydroxyl groups is 1. The van der Waals surface area contributed by atoms with Crippen molar-refractivity contribution in [2.75, 3.05) is 0 Å². The number of ether oxygens (including phenoxy) is 1. The monoisotopic (exact) mass is 343 g/mol. The van der Waals surface area contributed by atoms with Crippen LogP contribution in [0, 0.1) is 10.1 Å². The molecule has 0 amide bonds. The molecule has 0 spiro atoms. The largest absolute Gasteiger partial charge is 0.439 e. The normalized spacial score (nSPS) is 12.2. The highest BCUT2D eigenvalue weighted by molar-refractivity contribution is 9.10. The van der Waals surface area contributed by atoms with E-state index in [1.807, 2.05) is 6.07 Å². The molecule has 1 aromatic heterocycles. The molecule has 0 unspecified atom stereocenters. The van der Waals surface area contributed by atoms with Gasteiger partial charge in [-0.1, -0.05) is 23.5 Å². The van der Waals surface area contributed by atoms with Gasteiger partial charge >= 0.3 is 5.69 Å². The van der Waals surface area contributed by atoms with Gasteiger partial charge in [0.05, 0.1) is 15.5 Å². The van der Waals surface area contributed by atoms with Crippen LogP contribution in [0.4, 0.5) is 5.69 Å². The smallest absolute Gasteiger partial charge is 0.323 e. The molecule has 5 nitrogen and oxygen atoms in total. The summed E-state index contributed by atoms with van der Waals surface area (Å²) in [5, 5.41) is 20.6. The third kappa shape index (κ3) is 3.12. The van der Waals surface area contributed by atoms with E-state index in [4.69, 9.17) is 4.74 Å². The Kier molecular flexibility index (Phi) is 4.18. The lowest BCUT2D eigenvalue weighted by molar-refractivity contribution is -0.385. The number of thiophene rings is 1. The standard InChI is InChI=1S/C12H10BrNO4S/c1-7(15)11-6-9(14(16)17)12(19-11)18-10-5-3-2-4-8(10)13/h2-7,15H,1H3/t7-/m0/s1. The van der Waals surface area contributed by atoms with E-state index in [0.29, 0.717) is 15.1 Å². The van der Waals surface area contributed by atoms with Gasteiger partial charge in [0.2, 0.25) is 0 Å². The fourth-order valence-corrected chi connectivity index (χ4v) is 2.71. The molecule has 1 heterocycles. The predicted molar refractivity (Wildman–Crippen MR) is 75.8 cm³/mol. The van der Waals surface area contributed by atoms with Crippen LogP contribution in [0.15, 0.2) is 34.8 Å². The van der Waals surface area contributed by atoms with Crippen molar-refractivity contribution in [3.63, 3.8) is 0 Å². The van der Waals surface area contributed by atoms with E-state index < -0.39 is 11.0 Å². The lowest BCUT2D eigenvalue weighted by Crippen LogP contribution is -1.89. The third-order valence-corrected chi connectivity index (χ3v) is 4.17. The molecule has 0 aliphatic carbocycles. The van der Waals surface area contributed by atoms with Crippen molar-refractivity contribution in [1.29, 1.82) is 0 Å². The van der Waals surface area contributed by atoms with Gasteiger partial charge < -0.3 is 9.84 Å². The van der Waals surface area contributed by atoms with Crippen molar-refractivity contribution in [3.05, 3.63) is 49.8 Å². The topological polar surface area (TPSA) is 72.6 Å². The molecule has 1 aromatic carbocycles. The van der Waals surface area contributed by atoms with Crippen molar-refractivity contribution in [2.45, 2.75) is 13.0 Å². The van der Waals surface area contributed by atoms with Gasteiger partial charge in [0.15, 0.2) is 0 Å². The van der Waals surface area contributed by atoms with Crippen LogP contribution in [0.5, 0.6) is 10.8 Å². The van der Waals surface area contributed by atoms with Gasteiger partial charge in [-0.05, 0) is 35.0 Å². The first-order valence-electron chi connectivity index (χ1n) is 5.37. The van der Waals surface area contributed by atoms with E-state index in [-0.39, 0.29) is 10.8 Å². The summed E-state index contributed by atoms with van der Waals surface area (Å²) in [5.74, 6) is 0.490. The third-order valence-electron chi connectivity index (χ3n) is 2.35. The van der Waals surface area contributed by atoms with E-state index in [9.17, 15) is 15.2 Å². The lowest BCUT2D eigenvalue weighted by atomic mass is 10.3. The molecule has 2 aromatic rings. The Bertz CT molecular complexity index is 612. The Morgan fingerprint density at radius 1 is 1.47 bits per heavy atom. The van der Waals surface area contributed by atoms with Gasteiger partial charge in [-0.15, -0.1) is 0 Å². The molecule has 1 atom stereocenters. The summed E-state index contributed by atoms with van der Waals surface area (Å²) in [5.41, 5.74) is -0.142. The van der Waals surface area contributed by atoms with Crippen LogP contribution in [0.1, 0.15) is 17.9 Å². The zero-order chi connectivity index (χ0) is 14.0. The minimum atomic E-state index is -0.764. The molecular weight excluding hydrogens is 334 g/mol. The number of halogens is 1. The molecule has 0 saturated carbocycles. The second kappa shape index (κ2) is 5.68. The fraction of sp³-hybridized carbons (Fsp3) is 0.167. The van der Waals surface area contributed by atoms with Crippen LogP contribution in [-0.2, 0) is 0 Å². The predicted octanol–water partition coefficient (Wildman–Crippen LogP) is 4.26. The van der Waals surface area contributed by atoms with Gasteiger partial charge in [0.25, 0.3) is 5.06 Å². The fourth-order valence-electron chi connectivity index (χ4n) is 1.42. The average molecular weight is 344 g/mol. The number of rotatable bonds is 4. The zero-order valence-corrected chi connectivity index (χ0v) is 12.3. The molecule has 1 N–H and O–H groups in total. The summed E-state index contributed by atoms with van der Waals surface area (Å²) in [6.07, 6.45) is -0.764. The van der Waals surface area contributed by atoms with Crippen molar-refractivity contribution < 1.29 is 14.8 Å². The van der Waals surface area contributed by atoms with Crippen molar-refractivity contribution in [3.8, 4) is 10.8 Å². The molecule has 0 fully saturated rings. The summed E-state index contributed by atoms with van der Waals surface area (Å²) in [6, 6.07) is 8.41. The Morgan fingerprint density at radius 2 is 2.16 bits per heavy atom. The van der Waals surface area contributed by atoms with Crippen LogP contribution >= 0.6 is 27.3 Å². The highest BCUT2D eigenvalue weighted by Crippen LogP contribution is 2.43. The van der Waals surface area contributed by atoms with E-state index in [2.05, 4.69) is 15.9 Å². The molecule has 0 aliphatic heterocycles. The van der Waals surface area contributed by atoms with Crippen LogP contribution in [0.25, 0.3) is 0 Å². The number of para-hydroxylation sites is 1. The highest BCUT2D eigenvalue weighted by Gasteiger charge is 2.23. The van der Waals surface area contributed by atoms with E-state index in [1.54, 1.807) is 25.1 Å². The first kappa shape index (κ1) is 14.0. The van der Waals surface area contributed by atoms with Crippen molar-refractivity contribution in [1.82, 2.24) is 0 Å². The first-order valence-corrected chi connectivity index (χ1v) is 6.98. The summed E-state index contributed by atoms with van der Waals surface area (Å²) in [4.78, 5) is 10.9. The van der Waals surface area contributed by atoms with Crippen molar-refractivity contribution >= 4 is 33.0 Å². The Morgan fingerprint density at radius 3 is 2.74 bits per heavy atom. The Balaban J connectivity index is 2.39. The second-order valence-corrected chi connectivity index (χ2v) is 5.69. The molecule has 7 heteroatoms. The maximum Gasteiger partial charge on any atom is 0.323 e. The van der Waals surface area contributed by atoms with Gasteiger partial charge in [-0.2, -0.15) is 0 Å². The molecule has 100 valence electrons. The molecule has 0 bridgehead atoms. The number of benzene rings is 1. The van der Waals surface area contributed by atoms with Gasteiger partial charge in [-0.3, -0.25) is 10.1 Å². The number of hydrogen-bond acceptors (Lipinski definition) is 5. The first-order chi connectivity index (χ1) is 8.99. The van der Waals surface area contributed by atoms with Gasteiger partial charge in [0, 0.05) is 10.9 Å². The van der Waals surface area contributed by atoms with Crippen LogP contribution in [-0.4, -0.2) is 10.0 Å². The van der Waals surface area contributed by atoms with Gasteiger partial charge in [-0.25, -0.2) is 0 Å². The van der Waals surface area contributed by atoms with E-state index in [1.165, 1.54) is 6.07 Å². The SMILES string of the molecule is C[C@H](O)c1cc([N+](=O)[O-])c(Oc2ccccc2Br)s1. The van der Waals surface area contributed by atoms with Crippen LogP contribution < -0.4 is 4.74 Å². The lowest BCUT2D eigenvalue weighted by Gasteiger charge is -2.04. The molecule has 0 aliphatic rings. The quantitative estimate of drug-likeness (QED) is 0.664. The Hall–Kier alpha value is -1.44. The van der Waals surface area contributed by atoms with Gasteiger partial charge in [0.1, 0.15) is 5.75 Å². The summed E-state index contributed by atoms with van der Waals surface area (Å²) in [7, 11) is 0. The minimum Gasteiger partial charge on any atom is -0.439 e. The maximum absolute atomic E-state index is 11.0.